The maximum atomic E-state index is 5.90. The second-order valence-electron chi connectivity index (χ2n) is 4.38. The number of hydrogen-bond donors (Lipinski definition) is 1. The Morgan fingerprint density at radius 1 is 1.50 bits per heavy atom. The van der Waals surface area contributed by atoms with Gasteiger partial charge in [-0.2, -0.15) is 11.8 Å². The molecule has 5 heteroatoms. The average molecular weight is 307 g/mol. The van der Waals surface area contributed by atoms with Gasteiger partial charge >= 0.3 is 0 Å². The number of likely N-dealkylation sites (N-methyl/N-ethyl adjacent to an activating group) is 1. The van der Waals surface area contributed by atoms with Crippen molar-refractivity contribution < 1.29 is 0 Å². The Balaban J connectivity index is 2.16. The lowest BCUT2D eigenvalue weighted by molar-refractivity contribution is 0.256. The van der Waals surface area contributed by atoms with Crippen LogP contribution in [0, 0.1) is 0 Å². The third kappa shape index (κ3) is 5.93. The first-order valence-corrected chi connectivity index (χ1v) is 8.90. The molecule has 1 heterocycles. The Bertz CT molecular complexity index is 331. The van der Waals surface area contributed by atoms with Crippen LogP contribution >= 0.6 is 34.7 Å². The molecule has 18 heavy (non-hydrogen) atoms. The van der Waals surface area contributed by atoms with Crippen molar-refractivity contribution in [1.82, 2.24) is 10.2 Å². The van der Waals surface area contributed by atoms with E-state index in [1.54, 1.807) is 11.3 Å². The van der Waals surface area contributed by atoms with E-state index in [1.165, 1.54) is 17.1 Å². The number of nitrogens with one attached hydrogen (secondary N) is 1. The van der Waals surface area contributed by atoms with E-state index < -0.39 is 0 Å². The third-order valence-electron chi connectivity index (χ3n) is 3.02. The van der Waals surface area contributed by atoms with Crippen LogP contribution in [0.1, 0.15) is 18.2 Å². The van der Waals surface area contributed by atoms with Gasteiger partial charge in [-0.05, 0) is 31.9 Å². The molecule has 0 saturated carbocycles. The summed E-state index contributed by atoms with van der Waals surface area (Å²) in [6, 6.07) is 4.74. The molecule has 104 valence electrons. The van der Waals surface area contributed by atoms with E-state index in [0.717, 1.165) is 24.0 Å². The van der Waals surface area contributed by atoms with Gasteiger partial charge in [0.25, 0.3) is 0 Å². The Hall–Kier alpha value is 0.260. The van der Waals surface area contributed by atoms with E-state index in [2.05, 4.69) is 36.5 Å². The number of rotatable bonds is 9. The van der Waals surface area contributed by atoms with E-state index in [4.69, 9.17) is 11.6 Å². The SMILES string of the molecule is CCC(CSC)N(C)CCNCc1ccc(Cl)s1. The Morgan fingerprint density at radius 2 is 2.28 bits per heavy atom. The second kappa shape index (κ2) is 9.21. The zero-order chi connectivity index (χ0) is 13.4. The summed E-state index contributed by atoms with van der Waals surface area (Å²) in [5, 5.41) is 3.47. The number of hydrogen-bond acceptors (Lipinski definition) is 4. The molecule has 0 bridgehead atoms. The maximum Gasteiger partial charge on any atom is 0.0931 e. The quantitative estimate of drug-likeness (QED) is 0.702. The van der Waals surface area contributed by atoms with Gasteiger partial charge < -0.3 is 10.2 Å². The second-order valence-corrected chi connectivity index (χ2v) is 7.09. The lowest BCUT2D eigenvalue weighted by atomic mass is 10.2. The topological polar surface area (TPSA) is 15.3 Å². The number of thiophene rings is 1. The molecule has 0 fully saturated rings. The van der Waals surface area contributed by atoms with Gasteiger partial charge in [-0.3, -0.25) is 0 Å². The van der Waals surface area contributed by atoms with Gasteiger partial charge in [0.15, 0.2) is 0 Å². The van der Waals surface area contributed by atoms with Crippen LogP contribution in [-0.2, 0) is 6.54 Å². The van der Waals surface area contributed by atoms with Crippen LogP contribution in [0.5, 0.6) is 0 Å². The molecule has 1 N–H and O–H groups in total. The lowest BCUT2D eigenvalue weighted by Gasteiger charge is -2.26. The molecule has 2 nitrogen and oxygen atoms in total. The summed E-state index contributed by atoms with van der Waals surface area (Å²) in [5.41, 5.74) is 0. The third-order valence-corrected chi connectivity index (χ3v) is 4.97. The molecule has 1 aromatic rings. The van der Waals surface area contributed by atoms with Gasteiger partial charge in [-0.25, -0.2) is 0 Å². The first-order chi connectivity index (χ1) is 8.67. The molecule has 1 rings (SSSR count). The molecule has 0 amide bonds. The molecule has 0 aliphatic carbocycles. The van der Waals surface area contributed by atoms with Crippen molar-refractivity contribution in [3.63, 3.8) is 0 Å². The van der Waals surface area contributed by atoms with Gasteiger partial charge in [0, 0.05) is 36.3 Å². The predicted molar refractivity (Wildman–Crippen MR) is 86.1 cm³/mol. The Morgan fingerprint density at radius 3 is 2.83 bits per heavy atom. The van der Waals surface area contributed by atoms with Gasteiger partial charge in [-0.15, -0.1) is 11.3 Å². The van der Waals surface area contributed by atoms with Crippen LogP contribution in [0.15, 0.2) is 12.1 Å². The van der Waals surface area contributed by atoms with Crippen molar-refractivity contribution in [2.24, 2.45) is 0 Å². The Kier molecular flexibility index (Phi) is 8.35. The summed E-state index contributed by atoms with van der Waals surface area (Å²) in [5.74, 6) is 1.22. The summed E-state index contributed by atoms with van der Waals surface area (Å²) < 4.78 is 0.870. The van der Waals surface area contributed by atoms with E-state index in [0.29, 0.717) is 6.04 Å². The van der Waals surface area contributed by atoms with E-state index in [1.807, 2.05) is 17.8 Å². The van der Waals surface area contributed by atoms with Crippen LogP contribution in [0.25, 0.3) is 0 Å². The van der Waals surface area contributed by atoms with Crippen molar-refractivity contribution in [3.05, 3.63) is 21.3 Å². The highest BCUT2D eigenvalue weighted by Crippen LogP contribution is 2.20. The minimum Gasteiger partial charge on any atom is -0.311 e. The fourth-order valence-corrected chi connectivity index (χ4v) is 3.78. The molecule has 1 aromatic heterocycles. The minimum atomic E-state index is 0.693. The van der Waals surface area contributed by atoms with Crippen molar-refractivity contribution in [2.75, 3.05) is 32.1 Å². The summed E-state index contributed by atoms with van der Waals surface area (Å²) >= 11 is 9.48. The van der Waals surface area contributed by atoms with Gasteiger partial charge in [-0.1, -0.05) is 18.5 Å². The Labute approximate surface area is 124 Å². The number of nitrogens with zero attached hydrogens (tertiary/aromatic N) is 1. The maximum absolute atomic E-state index is 5.90. The van der Waals surface area contributed by atoms with E-state index in [9.17, 15) is 0 Å². The smallest absolute Gasteiger partial charge is 0.0931 e. The van der Waals surface area contributed by atoms with Crippen LogP contribution < -0.4 is 5.32 Å². The molecule has 0 aromatic carbocycles. The molecule has 1 unspecified atom stereocenters. The molecule has 0 spiro atoms. The van der Waals surface area contributed by atoms with Crippen molar-refractivity contribution in [3.8, 4) is 0 Å². The summed E-state index contributed by atoms with van der Waals surface area (Å²) in [4.78, 5) is 3.75. The predicted octanol–water partition coefficient (Wildman–Crippen LogP) is 3.56. The monoisotopic (exact) mass is 306 g/mol. The highest BCUT2D eigenvalue weighted by Gasteiger charge is 2.10. The molecular formula is C13H23ClN2S2. The highest BCUT2D eigenvalue weighted by atomic mass is 35.5. The minimum absolute atomic E-state index is 0.693. The average Bonchev–Trinajstić information content (AvgIpc) is 2.77. The summed E-state index contributed by atoms with van der Waals surface area (Å²) in [6.07, 6.45) is 3.40. The highest BCUT2D eigenvalue weighted by molar-refractivity contribution is 7.98. The van der Waals surface area contributed by atoms with E-state index in [-0.39, 0.29) is 0 Å². The largest absolute Gasteiger partial charge is 0.311 e. The zero-order valence-corrected chi connectivity index (χ0v) is 13.8. The number of thioether (sulfide) groups is 1. The fraction of sp³-hybridized carbons (Fsp3) is 0.692. The first-order valence-electron chi connectivity index (χ1n) is 6.31. The molecule has 0 saturated heterocycles. The summed E-state index contributed by atoms with van der Waals surface area (Å²) in [7, 11) is 2.22. The molecule has 0 aliphatic heterocycles. The van der Waals surface area contributed by atoms with Crippen LogP contribution in [-0.4, -0.2) is 43.1 Å². The molecule has 0 radical (unpaired) electrons. The van der Waals surface area contributed by atoms with Gasteiger partial charge in [0.1, 0.15) is 0 Å². The van der Waals surface area contributed by atoms with Crippen LogP contribution in [0.3, 0.4) is 0 Å². The zero-order valence-electron chi connectivity index (χ0n) is 11.4. The van der Waals surface area contributed by atoms with Gasteiger partial charge in [0.05, 0.1) is 4.34 Å². The first kappa shape index (κ1) is 16.3. The summed E-state index contributed by atoms with van der Waals surface area (Å²) in [6.45, 7) is 5.30. The van der Waals surface area contributed by atoms with Gasteiger partial charge in [0.2, 0.25) is 0 Å². The van der Waals surface area contributed by atoms with Crippen molar-refractivity contribution in [2.45, 2.75) is 25.9 Å². The normalized spacial score (nSPS) is 13.2. The van der Waals surface area contributed by atoms with Crippen LogP contribution in [0.2, 0.25) is 4.34 Å². The van der Waals surface area contributed by atoms with Crippen molar-refractivity contribution >= 4 is 34.7 Å². The van der Waals surface area contributed by atoms with Crippen molar-refractivity contribution in [1.29, 1.82) is 0 Å². The lowest BCUT2D eigenvalue weighted by Crippen LogP contribution is -2.38. The van der Waals surface area contributed by atoms with E-state index >= 15 is 0 Å². The molecule has 1 atom stereocenters. The van der Waals surface area contributed by atoms with Crippen LogP contribution in [0.4, 0.5) is 0 Å². The molecular weight excluding hydrogens is 284 g/mol. The number of halogens is 1. The fourth-order valence-electron chi connectivity index (χ4n) is 1.85. The molecule has 0 aliphatic rings. The standard InChI is InChI=1S/C13H23ClN2S2/c1-4-11(10-17-3)16(2)8-7-15-9-12-5-6-13(14)18-12/h5-6,11,15H,4,7-10H2,1-3H3.